The molecule has 0 fully saturated rings. The Morgan fingerprint density at radius 2 is 1.69 bits per heavy atom. The molecule has 0 saturated carbocycles. The maximum Gasteiger partial charge on any atom is 0.253 e. The molecule has 1 aromatic carbocycles. The number of Topliss-reactive ketones (excluding diaryl/α,β-unsaturated/α-hetero) is 1. The largest absolute Gasteiger partial charge is 0.493 e. The van der Waals surface area contributed by atoms with Crippen LogP contribution < -0.4 is 9.47 Å². The Labute approximate surface area is 108 Å². The van der Waals surface area contributed by atoms with Crippen LogP contribution >= 0.6 is 34.8 Å². The Hall–Kier alpha value is -0.640. The third kappa shape index (κ3) is 2.94. The second-order valence-corrected chi connectivity index (χ2v) is 5.18. The van der Waals surface area contributed by atoms with E-state index in [1.165, 1.54) is 26.4 Å². The van der Waals surface area contributed by atoms with Crippen molar-refractivity contribution < 1.29 is 14.3 Å². The van der Waals surface area contributed by atoms with Crippen molar-refractivity contribution in [2.75, 3.05) is 14.2 Å². The molecule has 16 heavy (non-hydrogen) atoms. The van der Waals surface area contributed by atoms with E-state index in [0.717, 1.165) is 0 Å². The Balaban J connectivity index is 3.13. The molecule has 0 atom stereocenters. The van der Waals surface area contributed by atoms with Crippen LogP contribution in [-0.2, 0) is 0 Å². The van der Waals surface area contributed by atoms with Gasteiger partial charge < -0.3 is 9.47 Å². The predicted molar refractivity (Wildman–Crippen MR) is 64.2 cm³/mol. The fourth-order valence-electron chi connectivity index (χ4n) is 1.14. The Morgan fingerprint density at radius 1 is 1.12 bits per heavy atom. The van der Waals surface area contributed by atoms with E-state index in [4.69, 9.17) is 44.3 Å². The van der Waals surface area contributed by atoms with E-state index in [0.29, 0.717) is 11.5 Å². The lowest BCUT2D eigenvalue weighted by molar-refractivity contribution is 0.0996. The van der Waals surface area contributed by atoms with Gasteiger partial charge >= 0.3 is 0 Å². The highest BCUT2D eigenvalue weighted by atomic mass is 35.6. The van der Waals surface area contributed by atoms with Crippen molar-refractivity contribution in [2.24, 2.45) is 0 Å². The standard InChI is InChI=1S/C10H9Cl3O3/c1-15-7-4-3-6(5-8(7)16-2)9(14)10(11,12)13/h3-5H,1-2H3. The van der Waals surface area contributed by atoms with Gasteiger partial charge in [0, 0.05) is 5.56 Å². The maximum atomic E-state index is 11.6. The van der Waals surface area contributed by atoms with Crippen LogP contribution in [0.15, 0.2) is 18.2 Å². The van der Waals surface area contributed by atoms with Gasteiger partial charge in [-0.1, -0.05) is 34.8 Å². The number of hydrogen-bond donors (Lipinski definition) is 0. The first-order valence-corrected chi connectivity index (χ1v) is 5.37. The van der Waals surface area contributed by atoms with E-state index < -0.39 is 9.58 Å². The normalized spacial score (nSPS) is 11.1. The first-order chi connectivity index (χ1) is 7.40. The molecule has 3 nitrogen and oxygen atoms in total. The highest BCUT2D eigenvalue weighted by Crippen LogP contribution is 2.34. The third-order valence-electron chi connectivity index (χ3n) is 1.90. The van der Waals surface area contributed by atoms with Crippen LogP contribution in [0.3, 0.4) is 0 Å². The number of benzene rings is 1. The number of ether oxygens (including phenoxy) is 2. The molecular formula is C10H9Cl3O3. The minimum Gasteiger partial charge on any atom is -0.493 e. The lowest BCUT2D eigenvalue weighted by Crippen LogP contribution is -2.18. The molecule has 88 valence electrons. The van der Waals surface area contributed by atoms with Gasteiger partial charge in [-0.15, -0.1) is 0 Å². The molecule has 0 amide bonds. The lowest BCUT2D eigenvalue weighted by Gasteiger charge is -2.12. The molecule has 0 bridgehead atoms. The number of carbonyl (C=O) groups is 1. The van der Waals surface area contributed by atoms with Gasteiger partial charge in [0.15, 0.2) is 11.5 Å². The van der Waals surface area contributed by atoms with Crippen LogP contribution in [-0.4, -0.2) is 23.8 Å². The van der Waals surface area contributed by atoms with Gasteiger partial charge in [-0.2, -0.15) is 0 Å². The van der Waals surface area contributed by atoms with Crippen molar-refractivity contribution in [1.82, 2.24) is 0 Å². The number of ketones is 1. The molecule has 0 radical (unpaired) electrons. The zero-order valence-corrected chi connectivity index (χ0v) is 10.9. The number of carbonyl (C=O) groups excluding carboxylic acids is 1. The predicted octanol–water partition coefficient (Wildman–Crippen LogP) is 3.26. The van der Waals surface area contributed by atoms with Gasteiger partial charge in [0.25, 0.3) is 3.79 Å². The minimum atomic E-state index is -1.97. The van der Waals surface area contributed by atoms with E-state index in [2.05, 4.69) is 0 Å². The molecule has 0 aliphatic heterocycles. The molecule has 1 aromatic rings. The van der Waals surface area contributed by atoms with Crippen LogP contribution in [0.5, 0.6) is 11.5 Å². The number of hydrogen-bond acceptors (Lipinski definition) is 3. The molecule has 0 aliphatic carbocycles. The van der Waals surface area contributed by atoms with E-state index in [-0.39, 0.29) is 5.56 Å². The van der Waals surface area contributed by atoms with Crippen LogP contribution in [0.1, 0.15) is 10.4 Å². The number of halogens is 3. The quantitative estimate of drug-likeness (QED) is 0.631. The maximum absolute atomic E-state index is 11.6. The summed E-state index contributed by atoms with van der Waals surface area (Å²) in [6.07, 6.45) is 0. The summed E-state index contributed by atoms with van der Waals surface area (Å²) < 4.78 is 8.08. The van der Waals surface area contributed by atoms with Gasteiger partial charge in [0.05, 0.1) is 14.2 Å². The van der Waals surface area contributed by atoms with Crippen LogP contribution in [0.2, 0.25) is 0 Å². The van der Waals surface area contributed by atoms with Crippen molar-refractivity contribution >= 4 is 40.6 Å². The molecule has 0 saturated heterocycles. The summed E-state index contributed by atoms with van der Waals surface area (Å²) in [5.74, 6) is 0.296. The van der Waals surface area contributed by atoms with Crippen LogP contribution in [0.25, 0.3) is 0 Å². The van der Waals surface area contributed by atoms with E-state index in [1.807, 2.05) is 0 Å². The zero-order valence-electron chi connectivity index (χ0n) is 8.59. The van der Waals surface area contributed by atoms with Crippen molar-refractivity contribution in [2.45, 2.75) is 3.79 Å². The summed E-state index contributed by atoms with van der Waals surface area (Å²) in [7, 11) is 2.95. The van der Waals surface area contributed by atoms with Gasteiger partial charge in [-0.3, -0.25) is 4.79 Å². The Bertz CT molecular complexity index is 399. The fourth-order valence-corrected chi connectivity index (χ4v) is 1.47. The van der Waals surface area contributed by atoms with Gasteiger partial charge in [0.1, 0.15) is 0 Å². The molecule has 0 N–H and O–H groups in total. The molecule has 6 heteroatoms. The SMILES string of the molecule is COc1ccc(C(=O)C(Cl)(Cl)Cl)cc1OC. The number of alkyl halides is 3. The van der Waals surface area contributed by atoms with Crippen LogP contribution in [0, 0.1) is 0 Å². The van der Waals surface area contributed by atoms with E-state index in [9.17, 15) is 4.79 Å². The first kappa shape index (κ1) is 13.4. The Kier molecular flexibility index (Phi) is 4.30. The molecule has 0 aromatic heterocycles. The second-order valence-electron chi connectivity index (χ2n) is 2.90. The highest BCUT2D eigenvalue weighted by Gasteiger charge is 2.32. The lowest BCUT2D eigenvalue weighted by atomic mass is 10.1. The molecule has 0 unspecified atom stereocenters. The number of methoxy groups -OCH3 is 2. The van der Waals surface area contributed by atoms with E-state index in [1.54, 1.807) is 6.07 Å². The Morgan fingerprint density at radius 3 is 2.12 bits per heavy atom. The summed E-state index contributed by atoms with van der Waals surface area (Å²) in [6, 6.07) is 4.54. The van der Waals surface area contributed by atoms with Crippen molar-refractivity contribution in [1.29, 1.82) is 0 Å². The molecular weight excluding hydrogens is 274 g/mol. The van der Waals surface area contributed by atoms with Gasteiger partial charge in [-0.05, 0) is 18.2 Å². The van der Waals surface area contributed by atoms with Gasteiger partial charge in [-0.25, -0.2) is 0 Å². The second kappa shape index (κ2) is 5.13. The number of rotatable bonds is 3. The summed E-state index contributed by atoms with van der Waals surface area (Å²) in [6.45, 7) is 0. The minimum absolute atomic E-state index is 0.248. The topological polar surface area (TPSA) is 35.5 Å². The summed E-state index contributed by atoms with van der Waals surface area (Å²) in [5, 5.41) is 0. The molecule has 1 rings (SSSR count). The molecule has 0 spiro atoms. The zero-order chi connectivity index (χ0) is 12.3. The van der Waals surface area contributed by atoms with Gasteiger partial charge in [0.2, 0.25) is 5.78 Å². The average Bonchev–Trinajstić information content (AvgIpc) is 2.25. The summed E-state index contributed by atoms with van der Waals surface area (Å²) >= 11 is 16.5. The molecule has 0 aliphatic rings. The monoisotopic (exact) mass is 282 g/mol. The van der Waals surface area contributed by atoms with Crippen LogP contribution in [0.4, 0.5) is 0 Å². The third-order valence-corrected chi connectivity index (χ3v) is 2.42. The molecule has 0 heterocycles. The van der Waals surface area contributed by atoms with E-state index >= 15 is 0 Å². The summed E-state index contributed by atoms with van der Waals surface area (Å²) in [5.41, 5.74) is 0.248. The smallest absolute Gasteiger partial charge is 0.253 e. The van der Waals surface area contributed by atoms with Crippen molar-refractivity contribution in [3.8, 4) is 11.5 Å². The van der Waals surface area contributed by atoms with Crippen molar-refractivity contribution in [3.63, 3.8) is 0 Å². The van der Waals surface area contributed by atoms with Crippen molar-refractivity contribution in [3.05, 3.63) is 23.8 Å². The average molecular weight is 284 g/mol. The summed E-state index contributed by atoms with van der Waals surface area (Å²) in [4.78, 5) is 11.6. The first-order valence-electron chi connectivity index (χ1n) is 4.23. The fraction of sp³-hybridized carbons (Fsp3) is 0.300. The highest BCUT2D eigenvalue weighted by molar-refractivity contribution is 6.77.